The fourth-order valence-electron chi connectivity index (χ4n) is 3.02. The van der Waals surface area contributed by atoms with Gasteiger partial charge in [0, 0.05) is 12.6 Å². The zero-order valence-corrected chi connectivity index (χ0v) is 11.6. The second-order valence-electron chi connectivity index (χ2n) is 5.73. The van der Waals surface area contributed by atoms with E-state index in [-0.39, 0.29) is 0 Å². The molecule has 1 atom stereocenters. The number of aryl methyl sites for hydroxylation is 2. The van der Waals surface area contributed by atoms with E-state index in [2.05, 4.69) is 49.5 Å². The lowest BCUT2D eigenvalue weighted by atomic mass is 9.96. The van der Waals surface area contributed by atoms with Crippen molar-refractivity contribution >= 4 is 10.8 Å². The smallest absolute Gasteiger partial charge is 0.0920 e. The van der Waals surface area contributed by atoms with Gasteiger partial charge in [0.2, 0.25) is 0 Å². The lowest BCUT2D eigenvalue weighted by Gasteiger charge is -2.17. The molecule has 2 aromatic rings. The molecular weight excluding hydrogens is 234 g/mol. The van der Waals surface area contributed by atoms with E-state index in [9.17, 15) is 5.11 Å². The highest BCUT2D eigenvalue weighted by molar-refractivity contribution is 5.93. The fraction of sp³-hybridized carbons (Fsp3) is 0.412. The molecule has 2 nitrogen and oxygen atoms in total. The van der Waals surface area contributed by atoms with Crippen LogP contribution < -0.4 is 5.32 Å². The number of aliphatic hydroxyl groups is 1. The molecule has 3 rings (SSSR count). The minimum absolute atomic E-state index is 0.395. The van der Waals surface area contributed by atoms with Crippen LogP contribution in [-0.2, 0) is 12.8 Å². The lowest BCUT2D eigenvalue weighted by molar-refractivity contribution is 0.173. The van der Waals surface area contributed by atoms with E-state index >= 15 is 0 Å². The van der Waals surface area contributed by atoms with Gasteiger partial charge >= 0.3 is 0 Å². The predicted molar refractivity (Wildman–Crippen MR) is 79.5 cm³/mol. The molecule has 0 aromatic heterocycles. The van der Waals surface area contributed by atoms with Crippen LogP contribution in [0.2, 0.25) is 0 Å². The van der Waals surface area contributed by atoms with E-state index in [4.69, 9.17) is 0 Å². The number of benzene rings is 2. The van der Waals surface area contributed by atoms with Crippen LogP contribution in [0.5, 0.6) is 0 Å². The minimum Gasteiger partial charge on any atom is -0.387 e. The van der Waals surface area contributed by atoms with Gasteiger partial charge in [0.1, 0.15) is 0 Å². The van der Waals surface area contributed by atoms with E-state index in [1.807, 2.05) is 0 Å². The van der Waals surface area contributed by atoms with Crippen LogP contribution in [0.25, 0.3) is 10.8 Å². The summed E-state index contributed by atoms with van der Waals surface area (Å²) in [5.74, 6) is 0. The number of nitrogens with one attached hydrogen (secondary N) is 1. The molecule has 0 saturated carbocycles. The minimum atomic E-state index is -0.438. The average molecular weight is 255 g/mol. The Morgan fingerprint density at radius 2 is 1.84 bits per heavy atom. The summed E-state index contributed by atoms with van der Waals surface area (Å²) in [6.45, 7) is 4.80. The topological polar surface area (TPSA) is 32.3 Å². The van der Waals surface area contributed by atoms with Gasteiger partial charge < -0.3 is 10.4 Å². The van der Waals surface area contributed by atoms with Crippen LogP contribution >= 0.6 is 0 Å². The van der Waals surface area contributed by atoms with Gasteiger partial charge in [-0.05, 0) is 40.3 Å². The van der Waals surface area contributed by atoms with Crippen LogP contribution in [0.1, 0.15) is 36.6 Å². The van der Waals surface area contributed by atoms with E-state index in [1.54, 1.807) is 0 Å². The number of hydrogen-bond donors (Lipinski definition) is 2. The normalized spacial score (nSPS) is 15.4. The van der Waals surface area contributed by atoms with Gasteiger partial charge in [-0.1, -0.05) is 44.2 Å². The first-order valence-corrected chi connectivity index (χ1v) is 7.11. The van der Waals surface area contributed by atoms with Crippen molar-refractivity contribution in [2.45, 2.75) is 38.8 Å². The Kier molecular flexibility index (Phi) is 3.29. The van der Waals surface area contributed by atoms with Crippen molar-refractivity contribution in [1.82, 2.24) is 5.32 Å². The Morgan fingerprint density at radius 3 is 2.58 bits per heavy atom. The summed E-state index contributed by atoms with van der Waals surface area (Å²) < 4.78 is 0. The van der Waals surface area contributed by atoms with Crippen LogP contribution in [0.4, 0.5) is 0 Å². The van der Waals surface area contributed by atoms with Crippen LogP contribution in [0, 0.1) is 0 Å². The van der Waals surface area contributed by atoms with Crippen molar-refractivity contribution in [2.24, 2.45) is 0 Å². The Balaban J connectivity index is 2.01. The Morgan fingerprint density at radius 1 is 1.11 bits per heavy atom. The fourth-order valence-corrected chi connectivity index (χ4v) is 3.02. The SMILES string of the molecule is CC(C)NC[C@@H](O)c1ccc2c3c(cccc13)CC2. The van der Waals surface area contributed by atoms with Gasteiger partial charge in [-0.15, -0.1) is 0 Å². The third-order valence-electron chi connectivity index (χ3n) is 3.99. The summed E-state index contributed by atoms with van der Waals surface area (Å²) in [6.07, 6.45) is 1.83. The first kappa shape index (κ1) is 12.6. The van der Waals surface area contributed by atoms with E-state index in [0.717, 1.165) is 18.4 Å². The zero-order valence-electron chi connectivity index (χ0n) is 11.6. The third-order valence-corrected chi connectivity index (χ3v) is 3.99. The largest absolute Gasteiger partial charge is 0.387 e. The Hall–Kier alpha value is -1.38. The van der Waals surface area contributed by atoms with Gasteiger partial charge in [0.25, 0.3) is 0 Å². The van der Waals surface area contributed by atoms with E-state index < -0.39 is 6.10 Å². The molecule has 100 valence electrons. The molecule has 2 aromatic carbocycles. The number of hydrogen-bond acceptors (Lipinski definition) is 2. The Bertz CT molecular complexity index is 593. The molecule has 0 bridgehead atoms. The summed E-state index contributed by atoms with van der Waals surface area (Å²) >= 11 is 0. The maximum absolute atomic E-state index is 10.4. The summed E-state index contributed by atoms with van der Waals surface area (Å²) in [7, 11) is 0. The first-order valence-electron chi connectivity index (χ1n) is 7.11. The molecule has 1 aliphatic carbocycles. The highest BCUT2D eigenvalue weighted by atomic mass is 16.3. The summed E-state index contributed by atoms with van der Waals surface area (Å²) in [5, 5.41) is 16.3. The summed E-state index contributed by atoms with van der Waals surface area (Å²) in [5.41, 5.74) is 3.91. The highest BCUT2D eigenvalue weighted by Gasteiger charge is 2.18. The van der Waals surface area contributed by atoms with Crippen LogP contribution in [0.15, 0.2) is 30.3 Å². The molecule has 1 aliphatic rings. The van der Waals surface area contributed by atoms with Crippen molar-refractivity contribution in [3.63, 3.8) is 0 Å². The van der Waals surface area contributed by atoms with Crippen molar-refractivity contribution in [3.8, 4) is 0 Å². The summed E-state index contributed by atoms with van der Waals surface area (Å²) in [6, 6.07) is 11.1. The second-order valence-corrected chi connectivity index (χ2v) is 5.73. The number of aliphatic hydroxyl groups excluding tert-OH is 1. The molecule has 0 unspecified atom stereocenters. The molecule has 0 heterocycles. The highest BCUT2D eigenvalue weighted by Crippen LogP contribution is 2.34. The molecule has 2 heteroatoms. The average Bonchev–Trinajstić information content (AvgIpc) is 2.82. The molecule has 0 spiro atoms. The molecule has 19 heavy (non-hydrogen) atoms. The van der Waals surface area contributed by atoms with E-state index in [0.29, 0.717) is 12.6 Å². The number of rotatable bonds is 4. The zero-order chi connectivity index (χ0) is 13.4. The van der Waals surface area contributed by atoms with Gasteiger partial charge in [0.05, 0.1) is 6.10 Å². The molecule has 2 N–H and O–H groups in total. The quantitative estimate of drug-likeness (QED) is 0.880. The molecular formula is C17H21NO. The standard InChI is InChI=1S/C17H21NO/c1-11(2)18-10-16(19)14-9-8-13-7-6-12-4-3-5-15(14)17(12)13/h3-5,8-9,11,16,18-19H,6-7,10H2,1-2H3/t16-/m1/s1. The van der Waals surface area contributed by atoms with Gasteiger partial charge in [-0.2, -0.15) is 0 Å². The van der Waals surface area contributed by atoms with Crippen molar-refractivity contribution < 1.29 is 5.11 Å². The molecule has 0 amide bonds. The molecule has 0 aliphatic heterocycles. The van der Waals surface area contributed by atoms with Crippen LogP contribution in [-0.4, -0.2) is 17.7 Å². The third kappa shape index (κ3) is 2.26. The van der Waals surface area contributed by atoms with Gasteiger partial charge in [-0.3, -0.25) is 0 Å². The van der Waals surface area contributed by atoms with Gasteiger partial charge in [-0.25, -0.2) is 0 Å². The van der Waals surface area contributed by atoms with Crippen molar-refractivity contribution in [2.75, 3.05) is 6.54 Å². The van der Waals surface area contributed by atoms with Crippen molar-refractivity contribution in [1.29, 1.82) is 0 Å². The Labute approximate surface area is 114 Å². The molecule has 0 saturated heterocycles. The monoisotopic (exact) mass is 255 g/mol. The molecule has 0 fully saturated rings. The first-order chi connectivity index (χ1) is 9.16. The van der Waals surface area contributed by atoms with Crippen molar-refractivity contribution in [3.05, 3.63) is 47.0 Å². The molecule has 0 radical (unpaired) electrons. The maximum atomic E-state index is 10.4. The lowest BCUT2D eigenvalue weighted by Crippen LogP contribution is -2.28. The van der Waals surface area contributed by atoms with E-state index in [1.165, 1.54) is 21.9 Å². The second kappa shape index (κ2) is 4.95. The van der Waals surface area contributed by atoms with Crippen LogP contribution in [0.3, 0.4) is 0 Å². The predicted octanol–water partition coefficient (Wildman–Crippen LogP) is 2.97. The summed E-state index contributed by atoms with van der Waals surface area (Å²) in [4.78, 5) is 0. The maximum Gasteiger partial charge on any atom is 0.0920 e. The van der Waals surface area contributed by atoms with Gasteiger partial charge in [0.15, 0.2) is 0 Å².